The minimum Gasteiger partial charge on any atom is -0.208 e. The Balaban J connectivity index is 1.09. The average Bonchev–Trinajstić information content (AvgIpc) is 3.18. The average molecular weight is 613 g/mol. The zero-order valence-corrected chi connectivity index (χ0v) is 26.0. The van der Waals surface area contributed by atoms with Gasteiger partial charge in [0.05, 0.1) is 11.6 Å². The summed E-state index contributed by atoms with van der Waals surface area (Å²) >= 11 is 0. The maximum absolute atomic E-state index is 9.11. The van der Waals surface area contributed by atoms with E-state index in [1.165, 1.54) is 16.3 Å². The number of rotatable bonds is 6. The molecule has 1 aromatic heterocycles. The SMILES string of the molecule is N#Cc1ccc(-c2ccc(-c3cccc4cc(-c5ccc(-c6nc(-c7ccccc7)nc(-c7ccccc7)n6)cc5)ccc34)cc2)cc1. The monoisotopic (exact) mass is 612 g/mol. The van der Waals surface area contributed by atoms with Crippen LogP contribution in [0.1, 0.15) is 5.56 Å². The molecule has 8 rings (SSSR count). The fourth-order valence-corrected chi connectivity index (χ4v) is 6.04. The summed E-state index contributed by atoms with van der Waals surface area (Å²) in [5.41, 5.74) is 10.3. The summed E-state index contributed by atoms with van der Waals surface area (Å²) in [7, 11) is 0. The lowest BCUT2D eigenvalue weighted by molar-refractivity contribution is 1.07. The minimum absolute atomic E-state index is 0.641. The standard InChI is InChI=1S/C44H28N4/c45-29-30-14-16-31(17-15-30)32-18-22-34(23-19-32)40-13-7-12-39-28-38(26-27-41(39)40)33-20-24-37(25-21-33)44-47-42(35-8-3-1-4-9-35)46-43(48-44)36-10-5-2-6-11-36/h1-28H. The number of benzene rings is 7. The van der Waals surface area contributed by atoms with Crippen molar-refractivity contribution in [2.75, 3.05) is 0 Å². The van der Waals surface area contributed by atoms with Gasteiger partial charge in [-0.25, -0.2) is 15.0 Å². The predicted octanol–water partition coefficient (Wildman–Crippen LogP) is 10.9. The van der Waals surface area contributed by atoms with Gasteiger partial charge < -0.3 is 0 Å². The van der Waals surface area contributed by atoms with Crippen LogP contribution < -0.4 is 0 Å². The summed E-state index contributed by atoms with van der Waals surface area (Å²) in [4.78, 5) is 14.6. The first-order valence-electron chi connectivity index (χ1n) is 15.8. The van der Waals surface area contributed by atoms with Crippen molar-refractivity contribution in [3.05, 3.63) is 175 Å². The number of hydrogen-bond acceptors (Lipinski definition) is 4. The molecule has 224 valence electrons. The van der Waals surface area contributed by atoms with Crippen LogP contribution >= 0.6 is 0 Å². The summed E-state index contributed by atoms with van der Waals surface area (Å²) < 4.78 is 0. The van der Waals surface area contributed by atoms with E-state index in [0.29, 0.717) is 23.0 Å². The highest BCUT2D eigenvalue weighted by atomic mass is 15.0. The van der Waals surface area contributed by atoms with E-state index in [4.69, 9.17) is 20.2 Å². The Morgan fingerprint density at radius 2 is 0.792 bits per heavy atom. The van der Waals surface area contributed by atoms with Gasteiger partial charge in [0.25, 0.3) is 0 Å². The Kier molecular flexibility index (Phi) is 7.54. The molecule has 0 amide bonds. The molecule has 0 saturated heterocycles. The Labute approximate surface area is 279 Å². The summed E-state index contributed by atoms with van der Waals surface area (Å²) in [6.45, 7) is 0. The molecule has 0 bridgehead atoms. The number of nitriles is 1. The summed E-state index contributed by atoms with van der Waals surface area (Å²) in [6.07, 6.45) is 0. The zero-order chi connectivity index (χ0) is 32.3. The van der Waals surface area contributed by atoms with E-state index in [2.05, 4.69) is 91.0 Å². The second-order valence-corrected chi connectivity index (χ2v) is 11.6. The molecule has 0 spiro atoms. The van der Waals surface area contributed by atoms with Gasteiger partial charge in [0, 0.05) is 16.7 Å². The molecule has 0 aliphatic heterocycles. The van der Waals surface area contributed by atoms with Gasteiger partial charge in [-0.15, -0.1) is 0 Å². The van der Waals surface area contributed by atoms with Crippen molar-refractivity contribution in [2.24, 2.45) is 0 Å². The molecule has 4 heteroatoms. The van der Waals surface area contributed by atoms with Crippen molar-refractivity contribution < 1.29 is 0 Å². The third kappa shape index (κ3) is 5.73. The maximum Gasteiger partial charge on any atom is 0.164 e. The van der Waals surface area contributed by atoms with E-state index in [9.17, 15) is 0 Å². The molecular formula is C44H28N4. The lowest BCUT2D eigenvalue weighted by Gasteiger charge is -2.11. The first kappa shape index (κ1) is 28.8. The van der Waals surface area contributed by atoms with Crippen LogP contribution in [-0.2, 0) is 0 Å². The molecule has 0 fully saturated rings. The van der Waals surface area contributed by atoms with Crippen molar-refractivity contribution in [2.45, 2.75) is 0 Å². The minimum atomic E-state index is 0.641. The molecule has 48 heavy (non-hydrogen) atoms. The third-order valence-electron chi connectivity index (χ3n) is 8.60. The summed E-state index contributed by atoms with van der Waals surface area (Å²) in [6, 6.07) is 60.1. The van der Waals surface area contributed by atoms with Crippen molar-refractivity contribution in [1.29, 1.82) is 5.26 Å². The van der Waals surface area contributed by atoms with Crippen molar-refractivity contribution in [3.63, 3.8) is 0 Å². The molecule has 8 aromatic rings. The van der Waals surface area contributed by atoms with E-state index in [1.807, 2.05) is 84.9 Å². The van der Waals surface area contributed by atoms with Crippen LogP contribution in [0.2, 0.25) is 0 Å². The van der Waals surface area contributed by atoms with E-state index < -0.39 is 0 Å². The highest BCUT2D eigenvalue weighted by Gasteiger charge is 2.13. The Bertz CT molecular complexity index is 2350. The molecule has 0 unspecified atom stereocenters. The van der Waals surface area contributed by atoms with Crippen LogP contribution in [0.4, 0.5) is 0 Å². The van der Waals surface area contributed by atoms with Crippen LogP contribution in [0.15, 0.2) is 170 Å². The van der Waals surface area contributed by atoms with Gasteiger partial charge in [0.2, 0.25) is 0 Å². The molecule has 0 N–H and O–H groups in total. The van der Waals surface area contributed by atoms with Gasteiger partial charge in [-0.05, 0) is 62.4 Å². The van der Waals surface area contributed by atoms with Crippen LogP contribution in [-0.4, -0.2) is 15.0 Å². The van der Waals surface area contributed by atoms with Gasteiger partial charge in [-0.1, -0.05) is 152 Å². The molecule has 4 nitrogen and oxygen atoms in total. The van der Waals surface area contributed by atoms with Crippen molar-refractivity contribution in [3.8, 4) is 73.6 Å². The second-order valence-electron chi connectivity index (χ2n) is 11.6. The summed E-state index contributed by atoms with van der Waals surface area (Å²) in [5.74, 6) is 1.94. The Morgan fingerprint density at radius 1 is 0.354 bits per heavy atom. The van der Waals surface area contributed by atoms with Crippen LogP contribution in [0.3, 0.4) is 0 Å². The second kappa shape index (κ2) is 12.6. The van der Waals surface area contributed by atoms with Crippen molar-refractivity contribution in [1.82, 2.24) is 15.0 Å². The fourth-order valence-electron chi connectivity index (χ4n) is 6.04. The molecule has 7 aromatic carbocycles. The number of hydrogen-bond donors (Lipinski definition) is 0. The zero-order valence-electron chi connectivity index (χ0n) is 26.0. The van der Waals surface area contributed by atoms with Gasteiger partial charge >= 0.3 is 0 Å². The van der Waals surface area contributed by atoms with E-state index >= 15 is 0 Å². The number of fused-ring (bicyclic) bond motifs is 1. The Morgan fingerprint density at radius 3 is 1.33 bits per heavy atom. The molecule has 0 aliphatic rings. The van der Waals surface area contributed by atoms with E-state index in [1.54, 1.807) is 0 Å². The Hall–Kier alpha value is -6.70. The summed E-state index contributed by atoms with van der Waals surface area (Å²) in [5, 5.41) is 11.5. The lowest BCUT2D eigenvalue weighted by Crippen LogP contribution is -2.00. The molecule has 0 aliphatic carbocycles. The van der Waals surface area contributed by atoms with Crippen LogP contribution in [0.25, 0.3) is 78.3 Å². The lowest BCUT2D eigenvalue weighted by atomic mass is 9.94. The highest BCUT2D eigenvalue weighted by molar-refractivity contribution is 5.99. The highest BCUT2D eigenvalue weighted by Crippen LogP contribution is 2.34. The largest absolute Gasteiger partial charge is 0.208 e. The normalized spacial score (nSPS) is 10.9. The van der Waals surface area contributed by atoms with Crippen molar-refractivity contribution >= 4 is 10.8 Å². The first-order valence-corrected chi connectivity index (χ1v) is 15.8. The fraction of sp³-hybridized carbons (Fsp3) is 0. The van der Waals surface area contributed by atoms with Crippen LogP contribution in [0, 0.1) is 11.3 Å². The maximum atomic E-state index is 9.11. The topological polar surface area (TPSA) is 62.5 Å². The third-order valence-corrected chi connectivity index (χ3v) is 8.60. The van der Waals surface area contributed by atoms with E-state index in [0.717, 1.165) is 44.5 Å². The molecule has 0 radical (unpaired) electrons. The number of aromatic nitrogens is 3. The molecule has 0 atom stereocenters. The van der Waals surface area contributed by atoms with Gasteiger partial charge in [-0.2, -0.15) is 5.26 Å². The van der Waals surface area contributed by atoms with Gasteiger partial charge in [0.15, 0.2) is 17.5 Å². The van der Waals surface area contributed by atoms with E-state index in [-0.39, 0.29) is 0 Å². The van der Waals surface area contributed by atoms with Crippen LogP contribution in [0.5, 0.6) is 0 Å². The first-order chi connectivity index (χ1) is 23.7. The predicted molar refractivity (Wildman–Crippen MR) is 195 cm³/mol. The quantitative estimate of drug-likeness (QED) is 0.187. The number of nitrogens with zero attached hydrogens (tertiary/aromatic N) is 4. The molecular weight excluding hydrogens is 585 g/mol. The smallest absolute Gasteiger partial charge is 0.164 e. The molecule has 1 heterocycles. The van der Waals surface area contributed by atoms with Gasteiger partial charge in [-0.3, -0.25) is 0 Å². The van der Waals surface area contributed by atoms with Gasteiger partial charge in [0.1, 0.15) is 0 Å². The molecule has 0 saturated carbocycles.